The van der Waals surface area contributed by atoms with Crippen LogP contribution in [0, 0.1) is 13.8 Å². The molecule has 1 aromatic rings. The average molecular weight is 277 g/mol. The van der Waals surface area contributed by atoms with E-state index in [0.29, 0.717) is 0 Å². The van der Waals surface area contributed by atoms with Crippen molar-refractivity contribution in [3.8, 4) is 5.75 Å². The number of nitrogens with one attached hydrogen (secondary N) is 1. The predicted octanol–water partition coefficient (Wildman–Crippen LogP) is 3.53. The van der Waals surface area contributed by atoms with E-state index in [1.165, 1.54) is 23.1 Å². The van der Waals surface area contributed by atoms with E-state index in [2.05, 4.69) is 38.2 Å². The molecule has 1 saturated carbocycles. The Balaban J connectivity index is 2.49. The molecule has 3 nitrogen and oxygen atoms in total. The number of aryl methyl sites for hydroxylation is 2. The van der Waals surface area contributed by atoms with Crippen molar-refractivity contribution < 1.29 is 9.47 Å². The lowest BCUT2D eigenvalue weighted by atomic mass is 9.71. The Bertz CT molecular complexity index is 461. The van der Waals surface area contributed by atoms with Gasteiger partial charge in [-0.25, -0.2) is 0 Å². The molecule has 20 heavy (non-hydrogen) atoms. The van der Waals surface area contributed by atoms with Crippen LogP contribution >= 0.6 is 0 Å². The Kier molecular flexibility index (Phi) is 4.71. The molecule has 0 radical (unpaired) electrons. The Labute approximate surface area is 122 Å². The lowest BCUT2D eigenvalue weighted by molar-refractivity contribution is -0.0999. The topological polar surface area (TPSA) is 30.5 Å². The van der Waals surface area contributed by atoms with Crippen molar-refractivity contribution in [3.63, 3.8) is 0 Å². The maximum absolute atomic E-state index is 5.91. The highest BCUT2D eigenvalue weighted by Crippen LogP contribution is 2.47. The number of hydrogen-bond donors (Lipinski definition) is 1. The van der Waals surface area contributed by atoms with Gasteiger partial charge in [-0.3, -0.25) is 0 Å². The molecule has 0 aliphatic heterocycles. The summed E-state index contributed by atoms with van der Waals surface area (Å²) in [5.41, 5.74) is 3.68. The second-order valence-corrected chi connectivity index (χ2v) is 5.81. The SMILES string of the molecule is CCNC(c1c(C)cc(C)cc1OC)C1(OC)CCC1. The van der Waals surface area contributed by atoms with Crippen molar-refractivity contribution in [2.75, 3.05) is 20.8 Å². The molecule has 3 heteroatoms. The fourth-order valence-corrected chi connectivity index (χ4v) is 3.37. The number of likely N-dealkylation sites (N-methyl/N-ethyl adjacent to an activating group) is 1. The normalized spacial score (nSPS) is 18.4. The van der Waals surface area contributed by atoms with Gasteiger partial charge in [-0.2, -0.15) is 0 Å². The summed E-state index contributed by atoms with van der Waals surface area (Å²) in [5, 5.41) is 3.62. The van der Waals surface area contributed by atoms with Crippen molar-refractivity contribution in [2.24, 2.45) is 0 Å². The highest BCUT2D eigenvalue weighted by Gasteiger charge is 2.46. The van der Waals surface area contributed by atoms with Crippen LogP contribution in [-0.2, 0) is 4.74 Å². The van der Waals surface area contributed by atoms with Gasteiger partial charge in [0.05, 0.1) is 18.8 Å². The van der Waals surface area contributed by atoms with E-state index in [1.807, 2.05) is 7.11 Å². The van der Waals surface area contributed by atoms with Crippen LogP contribution in [0.4, 0.5) is 0 Å². The second-order valence-electron chi connectivity index (χ2n) is 5.81. The summed E-state index contributed by atoms with van der Waals surface area (Å²) >= 11 is 0. The van der Waals surface area contributed by atoms with Crippen LogP contribution in [0.3, 0.4) is 0 Å². The van der Waals surface area contributed by atoms with E-state index in [-0.39, 0.29) is 11.6 Å². The number of methoxy groups -OCH3 is 2. The molecule has 1 unspecified atom stereocenters. The minimum absolute atomic E-state index is 0.0801. The van der Waals surface area contributed by atoms with Gasteiger partial charge in [-0.1, -0.05) is 13.0 Å². The summed E-state index contributed by atoms with van der Waals surface area (Å²) in [6.07, 6.45) is 3.46. The second kappa shape index (κ2) is 6.15. The summed E-state index contributed by atoms with van der Waals surface area (Å²) < 4.78 is 11.6. The van der Waals surface area contributed by atoms with Crippen LogP contribution in [0.5, 0.6) is 5.75 Å². The number of hydrogen-bond acceptors (Lipinski definition) is 3. The molecule has 0 spiro atoms. The van der Waals surface area contributed by atoms with Crippen molar-refractivity contribution in [3.05, 3.63) is 28.8 Å². The van der Waals surface area contributed by atoms with Crippen LogP contribution in [0.15, 0.2) is 12.1 Å². The van der Waals surface area contributed by atoms with E-state index < -0.39 is 0 Å². The van der Waals surface area contributed by atoms with Crippen molar-refractivity contribution in [2.45, 2.75) is 51.7 Å². The fourth-order valence-electron chi connectivity index (χ4n) is 3.37. The lowest BCUT2D eigenvalue weighted by Gasteiger charge is -2.47. The zero-order chi connectivity index (χ0) is 14.8. The smallest absolute Gasteiger partial charge is 0.124 e. The van der Waals surface area contributed by atoms with E-state index in [1.54, 1.807) is 7.11 Å². The molecular weight excluding hydrogens is 250 g/mol. The summed E-state index contributed by atoms with van der Waals surface area (Å²) in [4.78, 5) is 0. The minimum atomic E-state index is -0.0801. The first-order valence-electron chi connectivity index (χ1n) is 7.51. The Hall–Kier alpha value is -1.06. The maximum Gasteiger partial charge on any atom is 0.124 e. The fraction of sp³-hybridized carbons (Fsp3) is 0.647. The lowest BCUT2D eigenvalue weighted by Crippen LogP contribution is -2.50. The average Bonchev–Trinajstić information content (AvgIpc) is 2.36. The maximum atomic E-state index is 5.91. The molecule has 0 heterocycles. The summed E-state index contributed by atoms with van der Waals surface area (Å²) in [5.74, 6) is 0.969. The zero-order valence-electron chi connectivity index (χ0n) is 13.4. The molecule has 0 saturated heterocycles. The summed E-state index contributed by atoms with van der Waals surface area (Å²) in [7, 11) is 3.58. The first-order chi connectivity index (χ1) is 9.57. The van der Waals surface area contributed by atoms with Gasteiger partial charge in [0.15, 0.2) is 0 Å². The molecule has 1 aromatic carbocycles. The molecule has 1 fully saturated rings. The van der Waals surface area contributed by atoms with Gasteiger partial charge < -0.3 is 14.8 Å². The third-order valence-electron chi connectivity index (χ3n) is 4.54. The molecule has 112 valence electrons. The Morgan fingerprint density at radius 1 is 1.25 bits per heavy atom. The van der Waals surface area contributed by atoms with Crippen LogP contribution < -0.4 is 10.1 Å². The van der Waals surface area contributed by atoms with Gasteiger partial charge in [0.1, 0.15) is 5.75 Å². The Morgan fingerprint density at radius 3 is 2.40 bits per heavy atom. The molecule has 1 aliphatic rings. The van der Waals surface area contributed by atoms with E-state index in [9.17, 15) is 0 Å². The first kappa shape index (κ1) is 15.3. The molecule has 1 aliphatic carbocycles. The van der Waals surface area contributed by atoms with Crippen LogP contribution in [0.2, 0.25) is 0 Å². The van der Waals surface area contributed by atoms with E-state index in [4.69, 9.17) is 9.47 Å². The van der Waals surface area contributed by atoms with Gasteiger partial charge in [0, 0.05) is 12.7 Å². The molecule has 2 rings (SSSR count). The molecule has 1 atom stereocenters. The summed E-state index contributed by atoms with van der Waals surface area (Å²) in [6.45, 7) is 7.34. The van der Waals surface area contributed by atoms with Crippen LogP contribution in [-0.4, -0.2) is 26.4 Å². The van der Waals surface area contributed by atoms with Crippen LogP contribution in [0.25, 0.3) is 0 Å². The highest BCUT2D eigenvalue weighted by molar-refractivity contribution is 5.46. The monoisotopic (exact) mass is 277 g/mol. The number of ether oxygens (including phenoxy) is 2. The molecular formula is C17H27NO2. The van der Waals surface area contributed by atoms with Gasteiger partial charge in [-0.15, -0.1) is 0 Å². The van der Waals surface area contributed by atoms with Gasteiger partial charge in [-0.05, 0) is 56.8 Å². The van der Waals surface area contributed by atoms with Crippen molar-refractivity contribution in [1.82, 2.24) is 5.32 Å². The van der Waals surface area contributed by atoms with Crippen LogP contribution in [0.1, 0.15) is 48.9 Å². The van der Waals surface area contributed by atoms with E-state index in [0.717, 1.165) is 25.1 Å². The summed E-state index contributed by atoms with van der Waals surface area (Å²) in [6, 6.07) is 4.54. The minimum Gasteiger partial charge on any atom is -0.496 e. The molecule has 0 bridgehead atoms. The largest absolute Gasteiger partial charge is 0.496 e. The molecule has 1 N–H and O–H groups in total. The Morgan fingerprint density at radius 2 is 1.95 bits per heavy atom. The zero-order valence-corrected chi connectivity index (χ0v) is 13.4. The standard InChI is InChI=1S/C17H27NO2/c1-6-18-16(17(20-5)8-7-9-17)15-13(3)10-12(2)11-14(15)19-4/h10-11,16,18H,6-9H2,1-5H3. The quantitative estimate of drug-likeness (QED) is 0.863. The van der Waals surface area contributed by atoms with Crippen molar-refractivity contribution in [1.29, 1.82) is 0 Å². The van der Waals surface area contributed by atoms with Gasteiger partial charge >= 0.3 is 0 Å². The van der Waals surface area contributed by atoms with Gasteiger partial charge in [0.2, 0.25) is 0 Å². The predicted molar refractivity (Wildman–Crippen MR) is 82.5 cm³/mol. The molecule has 0 aromatic heterocycles. The highest BCUT2D eigenvalue weighted by atomic mass is 16.5. The third-order valence-corrected chi connectivity index (χ3v) is 4.54. The van der Waals surface area contributed by atoms with Crippen molar-refractivity contribution >= 4 is 0 Å². The number of rotatable bonds is 6. The first-order valence-corrected chi connectivity index (χ1v) is 7.51. The van der Waals surface area contributed by atoms with Gasteiger partial charge in [0.25, 0.3) is 0 Å². The van der Waals surface area contributed by atoms with E-state index >= 15 is 0 Å². The molecule has 0 amide bonds. The third kappa shape index (κ3) is 2.57. The number of benzene rings is 1.